The number of carbonyl (C=O) groups is 2. The molecule has 1 atom stereocenters. The second-order valence-electron chi connectivity index (χ2n) is 11.2. The van der Waals surface area contributed by atoms with E-state index in [2.05, 4.69) is 15.2 Å². The molecule has 0 saturated carbocycles. The first-order valence-corrected chi connectivity index (χ1v) is 17.4. The minimum atomic E-state index is -1.05. The van der Waals surface area contributed by atoms with E-state index in [9.17, 15) is 14.7 Å². The minimum absolute atomic E-state index is 0.0900. The average Bonchev–Trinajstić information content (AvgIpc) is 3.80. The molecule has 1 amide bonds. The van der Waals surface area contributed by atoms with Crippen molar-refractivity contribution in [3.63, 3.8) is 0 Å². The molecule has 0 radical (unpaired) electrons. The Balaban J connectivity index is 1.32. The summed E-state index contributed by atoms with van der Waals surface area (Å²) in [6, 6.07) is 29.4. The van der Waals surface area contributed by atoms with Crippen LogP contribution in [0, 0.1) is 6.92 Å². The molecule has 1 N–H and O–H groups in total. The number of anilines is 1. The van der Waals surface area contributed by atoms with Gasteiger partial charge in [0.25, 0.3) is 5.78 Å². The zero-order chi connectivity index (χ0) is 33.9. The summed E-state index contributed by atoms with van der Waals surface area (Å²) < 4.78 is 14.5. The predicted octanol–water partition coefficient (Wildman–Crippen LogP) is 7.39. The van der Waals surface area contributed by atoms with E-state index in [0.717, 1.165) is 11.1 Å². The molecule has 0 bridgehead atoms. The number of ketones is 1. The fraction of sp³-hybridized carbons (Fsp3) is 0.162. The number of ether oxygens (including phenoxy) is 2. The van der Waals surface area contributed by atoms with Crippen molar-refractivity contribution in [1.29, 1.82) is 0 Å². The van der Waals surface area contributed by atoms with Crippen molar-refractivity contribution < 1.29 is 24.2 Å². The summed E-state index contributed by atoms with van der Waals surface area (Å²) in [6.07, 6.45) is 1.75. The Morgan fingerprint density at radius 1 is 0.898 bits per heavy atom. The number of aryl methyl sites for hydroxylation is 1. The zero-order valence-corrected chi connectivity index (χ0v) is 28.3. The quantitative estimate of drug-likeness (QED) is 0.0488. The van der Waals surface area contributed by atoms with Crippen molar-refractivity contribution in [2.24, 2.45) is 0 Å². The van der Waals surface area contributed by atoms with Gasteiger partial charge in [-0.1, -0.05) is 95.9 Å². The molecule has 49 heavy (non-hydrogen) atoms. The molecular formula is C37H31N5O5S2. The van der Waals surface area contributed by atoms with Crippen LogP contribution in [0.15, 0.2) is 113 Å². The molecule has 246 valence electrons. The number of hydrogen-bond donors (Lipinski definition) is 1. The largest absolute Gasteiger partial charge is 0.505 e. The first-order chi connectivity index (χ1) is 23.9. The van der Waals surface area contributed by atoms with Gasteiger partial charge in [-0.3, -0.25) is 18.9 Å². The minimum Gasteiger partial charge on any atom is -0.505 e. The van der Waals surface area contributed by atoms with Gasteiger partial charge in [0.05, 0.1) is 23.9 Å². The molecular weight excluding hydrogens is 659 g/mol. The summed E-state index contributed by atoms with van der Waals surface area (Å²) in [5.74, 6) is -0.413. The van der Waals surface area contributed by atoms with E-state index in [-0.39, 0.29) is 16.5 Å². The highest BCUT2D eigenvalue weighted by Gasteiger charge is 2.49. The summed E-state index contributed by atoms with van der Waals surface area (Å²) in [7, 11) is 0. The lowest BCUT2D eigenvalue weighted by atomic mass is 9.96. The van der Waals surface area contributed by atoms with Crippen LogP contribution in [0.3, 0.4) is 0 Å². The number of Topliss-reactive ketones (excluding diaryl/α,β-unsaturated/α-hetero) is 1. The van der Waals surface area contributed by atoms with Gasteiger partial charge in [-0.15, -0.1) is 10.2 Å². The van der Waals surface area contributed by atoms with E-state index in [4.69, 9.17) is 9.47 Å². The lowest BCUT2D eigenvalue weighted by Gasteiger charge is -2.23. The van der Waals surface area contributed by atoms with Gasteiger partial charge in [0.2, 0.25) is 5.13 Å². The SMILES string of the molecule is CCOc1cc(C2/C(=C(\O)c3c(C)nc4ccccn34)C(=O)C(=O)N2c2nnc(SCc3ccccc3)s2)ccc1OCc1ccccc1. The molecule has 1 unspecified atom stereocenters. The van der Waals surface area contributed by atoms with Gasteiger partial charge in [0.1, 0.15) is 17.9 Å². The average molecular weight is 690 g/mol. The first-order valence-electron chi connectivity index (χ1n) is 15.6. The number of hydrogen-bond acceptors (Lipinski definition) is 10. The normalized spacial score (nSPS) is 15.6. The number of nitrogens with zero attached hydrogens (tertiary/aromatic N) is 5. The van der Waals surface area contributed by atoms with Crippen molar-refractivity contribution in [2.45, 2.75) is 36.6 Å². The van der Waals surface area contributed by atoms with Crippen LogP contribution in [-0.4, -0.2) is 43.0 Å². The number of aliphatic hydroxyl groups excluding tert-OH is 1. The molecule has 1 saturated heterocycles. The van der Waals surface area contributed by atoms with Gasteiger partial charge in [-0.2, -0.15) is 0 Å². The Morgan fingerprint density at radius 3 is 2.39 bits per heavy atom. The number of amides is 1. The highest BCUT2D eigenvalue weighted by molar-refractivity contribution is 8.00. The molecule has 7 rings (SSSR count). The predicted molar refractivity (Wildman–Crippen MR) is 189 cm³/mol. The van der Waals surface area contributed by atoms with E-state index < -0.39 is 17.7 Å². The number of aliphatic hydroxyl groups is 1. The van der Waals surface area contributed by atoms with Crippen LogP contribution in [0.25, 0.3) is 11.4 Å². The number of imidazole rings is 1. The van der Waals surface area contributed by atoms with E-state index >= 15 is 0 Å². The Bertz CT molecular complexity index is 2180. The maximum absolute atomic E-state index is 14.0. The van der Waals surface area contributed by atoms with Crippen molar-refractivity contribution in [3.8, 4) is 11.5 Å². The molecule has 0 aliphatic carbocycles. The van der Waals surface area contributed by atoms with E-state index in [0.29, 0.717) is 57.4 Å². The Morgan fingerprint density at radius 2 is 1.63 bits per heavy atom. The van der Waals surface area contributed by atoms with Gasteiger partial charge in [-0.25, -0.2) is 4.98 Å². The lowest BCUT2D eigenvalue weighted by Crippen LogP contribution is -2.29. The molecule has 10 nitrogen and oxygen atoms in total. The second-order valence-corrected chi connectivity index (χ2v) is 13.4. The summed E-state index contributed by atoms with van der Waals surface area (Å²) >= 11 is 2.70. The van der Waals surface area contributed by atoms with Crippen LogP contribution in [0.4, 0.5) is 5.13 Å². The lowest BCUT2D eigenvalue weighted by molar-refractivity contribution is -0.132. The van der Waals surface area contributed by atoms with Gasteiger partial charge in [0, 0.05) is 11.9 Å². The standard InChI is InChI=1S/C37H31N5O5S2/c1-3-46-28-20-26(17-18-27(28)47-21-24-12-6-4-7-13-24)32-30(33(43)31-23(2)38-29-16-10-11-19-41(29)31)34(44)35(45)42(32)36-39-40-37(49-36)48-22-25-14-8-5-9-15-25/h4-20,32,43H,3,21-22H2,1-2H3/b33-30+. The van der Waals surface area contributed by atoms with Crippen LogP contribution >= 0.6 is 23.1 Å². The molecule has 12 heteroatoms. The molecule has 3 aromatic heterocycles. The number of benzene rings is 3. The van der Waals surface area contributed by atoms with E-state index in [1.807, 2.05) is 73.7 Å². The van der Waals surface area contributed by atoms with Crippen molar-refractivity contribution in [1.82, 2.24) is 19.6 Å². The monoisotopic (exact) mass is 689 g/mol. The van der Waals surface area contributed by atoms with Gasteiger partial charge in [-0.05, 0) is 54.8 Å². The third-order valence-electron chi connectivity index (χ3n) is 8.00. The van der Waals surface area contributed by atoms with E-state index in [1.165, 1.54) is 28.0 Å². The molecule has 3 aromatic carbocycles. The molecule has 1 fully saturated rings. The maximum Gasteiger partial charge on any atom is 0.301 e. The summed E-state index contributed by atoms with van der Waals surface area (Å²) in [6.45, 7) is 4.29. The van der Waals surface area contributed by atoms with E-state index in [1.54, 1.807) is 47.9 Å². The summed E-state index contributed by atoms with van der Waals surface area (Å²) in [5, 5.41) is 20.9. The fourth-order valence-electron chi connectivity index (χ4n) is 5.77. The van der Waals surface area contributed by atoms with Gasteiger partial charge in [0.15, 0.2) is 21.6 Å². The number of carbonyl (C=O) groups excluding carboxylic acids is 2. The summed E-state index contributed by atoms with van der Waals surface area (Å²) in [4.78, 5) is 33.8. The number of fused-ring (bicyclic) bond motifs is 1. The van der Waals surface area contributed by atoms with Crippen molar-refractivity contribution >= 4 is 51.3 Å². The highest BCUT2D eigenvalue weighted by atomic mass is 32.2. The zero-order valence-electron chi connectivity index (χ0n) is 26.6. The van der Waals surface area contributed by atoms with Crippen LogP contribution in [0.5, 0.6) is 11.5 Å². The molecule has 0 spiro atoms. The first kappa shape index (κ1) is 32.1. The molecule has 1 aliphatic heterocycles. The van der Waals surface area contributed by atoms with Crippen LogP contribution in [0.1, 0.15) is 41.0 Å². The molecule has 4 heterocycles. The van der Waals surface area contributed by atoms with Crippen LogP contribution in [-0.2, 0) is 21.9 Å². The fourth-order valence-corrected chi connectivity index (χ4v) is 7.59. The molecule has 1 aliphatic rings. The molecule has 6 aromatic rings. The number of aromatic nitrogens is 4. The summed E-state index contributed by atoms with van der Waals surface area (Å²) in [5.41, 5.74) is 3.96. The topological polar surface area (TPSA) is 119 Å². The maximum atomic E-state index is 14.0. The van der Waals surface area contributed by atoms with Gasteiger partial charge < -0.3 is 14.6 Å². The Hall–Kier alpha value is -5.46. The van der Waals surface area contributed by atoms with Gasteiger partial charge >= 0.3 is 5.91 Å². The number of rotatable bonds is 11. The third-order valence-corrected chi connectivity index (χ3v) is 10.1. The van der Waals surface area contributed by atoms with Crippen molar-refractivity contribution in [2.75, 3.05) is 11.5 Å². The number of thioether (sulfide) groups is 1. The van der Waals surface area contributed by atoms with Crippen LogP contribution in [0.2, 0.25) is 0 Å². The second kappa shape index (κ2) is 14.0. The number of pyridine rings is 1. The Labute approximate surface area is 290 Å². The van der Waals surface area contributed by atoms with Crippen molar-refractivity contribution in [3.05, 3.63) is 137 Å². The Kier molecular flexibility index (Phi) is 9.14. The highest BCUT2D eigenvalue weighted by Crippen LogP contribution is 2.46. The van der Waals surface area contributed by atoms with Crippen LogP contribution < -0.4 is 14.4 Å². The third kappa shape index (κ3) is 6.40. The smallest absolute Gasteiger partial charge is 0.301 e.